The molecule has 0 radical (unpaired) electrons. The van der Waals surface area contributed by atoms with Crippen LogP contribution in [0.1, 0.15) is 46.9 Å². The van der Waals surface area contributed by atoms with E-state index in [2.05, 4.69) is 15.3 Å². The first kappa shape index (κ1) is 28.6. The van der Waals surface area contributed by atoms with Crippen LogP contribution >= 0.6 is 0 Å². The quantitative estimate of drug-likeness (QED) is 0.422. The van der Waals surface area contributed by atoms with Gasteiger partial charge in [-0.1, -0.05) is 13.0 Å². The van der Waals surface area contributed by atoms with Crippen molar-refractivity contribution in [1.82, 2.24) is 9.97 Å². The average molecular weight is 573 g/mol. The number of nitrogens with zero attached hydrogens (tertiary/aromatic N) is 3. The van der Waals surface area contributed by atoms with E-state index in [-0.39, 0.29) is 30.7 Å². The minimum atomic E-state index is -5.05. The molecule has 2 atom stereocenters. The van der Waals surface area contributed by atoms with E-state index in [1.807, 2.05) is 19.9 Å². The number of benzene rings is 1. The second-order valence-electron chi connectivity index (χ2n) is 10.4. The molecule has 1 fully saturated rings. The fraction of sp³-hybridized carbons (Fsp3) is 0.379. The van der Waals surface area contributed by atoms with Gasteiger partial charge in [0.15, 0.2) is 11.5 Å². The van der Waals surface area contributed by atoms with Gasteiger partial charge >= 0.3 is 6.18 Å². The summed E-state index contributed by atoms with van der Waals surface area (Å²) < 4.78 is 59.5. The second-order valence-corrected chi connectivity index (χ2v) is 10.4. The van der Waals surface area contributed by atoms with Crippen LogP contribution in [-0.2, 0) is 21.1 Å². The molecule has 216 valence electrons. The monoisotopic (exact) mass is 572 g/mol. The van der Waals surface area contributed by atoms with E-state index in [0.717, 1.165) is 23.4 Å². The smallest absolute Gasteiger partial charge is 0.395 e. The third kappa shape index (κ3) is 5.17. The summed E-state index contributed by atoms with van der Waals surface area (Å²) in [4.78, 5) is 35.4. The van der Waals surface area contributed by atoms with Gasteiger partial charge in [0, 0.05) is 47.8 Å². The number of carbonyl (C=O) groups excluding carboxylic acids is 2. The zero-order valence-electron chi connectivity index (χ0n) is 22.4. The van der Waals surface area contributed by atoms with E-state index in [1.165, 1.54) is 4.90 Å². The number of hydrogen-bond donors (Lipinski definition) is 2. The van der Waals surface area contributed by atoms with Crippen molar-refractivity contribution in [3.63, 3.8) is 0 Å². The molecule has 0 spiro atoms. The summed E-state index contributed by atoms with van der Waals surface area (Å²) in [5.41, 5.74) is 0.159. The molecule has 8 nitrogen and oxygen atoms in total. The first-order valence-electron chi connectivity index (χ1n) is 13.1. The molecule has 2 aliphatic rings. The maximum Gasteiger partial charge on any atom is 0.436 e. The predicted molar refractivity (Wildman–Crippen MR) is 142 cm³/mol. The van der Waals surface area contributed by atoms with Crippen molar-refractivity contribution in [2.45, 2.75) is 38.3 Å². The summed E-state index contributed by atoms with van der Waals surface area (Å²) >= 11 is 0. The Morgan fingerprint density at radius 2 is 2.00 bits per heavy atom. The molecule has 5 rings (SSSR count). The molecule has 0 aliphatic carbocycles. The van der Waals surface area contributed by atoms with Crippen LogP contribution in [0, 0.1) is 18.7 Å². The fourth-order valence-electron chi connectivity index (χ4n) is 5.67. The van der Waals surface area contributed by atoms with Gasteiger partial charge in [-0.15, -0.1) is 0 Å². The molecule has 2 aromatic heterocycles. The number of nitrogens with one attached hydrogen (secondary N) is 1. The Balaban J connectivity index is 1.52. The number of hydrogen-bond acceptors (Lipinski definition) is 6. The van der Waals surface area contributed by atoms with Crippen molar-refractivity contribution in [2.75, 3.05) is 36.6 Å². The summed E-state index contributed by atoms with van der Waals surface area (Å²) in [5, 5.41) is 12.1. The third-order valence-electron chi connectivity index (χ3n) is 7.92. The zero-order valence-corrected chi connectivity index (χ0v) is 22.4. The number of β-amino-alcohol motifs (C(OH)–C–C–N with tert-alkyl or cyclic N) is 1. The molecule has 3 aromatic rings. The molecule has 12 heteroatoms. The van der Waals surface area contributed by atoms with Crippen LogP contribution in [0.25, 0.3) is 11.1 Å². The van der Waals surface area contributed by atoms with Crippen LogP contribution in [0.15, 0.2) is 42.7 Å². The number of aryl methyl sites for hydroxylation is 1. The van der Waals surface area contributed by atoms with Gasteiger partial charge in [0.2, 0.25) is 5.91 Å². The second kappa shape index (κ2) is 10.8. The average Bonchev–Trinajstić information content (AvgIpc) is 3.13. The lowest BCUT2D eigenvalue weighted by Gasteiger charge is -2.44. The highest BCUT2D eigenvalue weighted by atomic mass is 19.4. The van der Waals surface area contributed by atoms with Crippen LogP contribution in [0.5, 0.6) is 0 Å². The lowest BCUT2D eigenvalue weighted by Crippen LogP contribution is -2.52. The molecule has 2 aliphatic heterocycles. The molecule has 2 unspecified atom stereocenters. The van der Waals surface area contributed by atoms with Crippen LogP contribution in [-0.4, -0.2) is 53.3 Å². The largest absolute Gasteiger partial charge is 0.436 e. The zero-order chi connectivity index (χ0) is 29.5. The van der Waals surface area contributed by atoms with Crippen molar-refractivity contribution in [2.24, 2.45) is 5.92 Å². The molecule has 41 heavy (non-hydrogen) atoms. The van der Waals surface area contributed by atoms with Gasteiger partial charge < -0.3 is 15.2 Å². The molecule has 0 saturated carbocycles. The lowest BCUT2D eigenvalue weighted by molar-refractivity contribution is -0.143. The van der Waals surface area contributed by atoms with Crippen molar-refractivity contribution >= 4 is 23.3 Å². The Labute approximate surface area is 233 Å². The van der Waals surface area contributed by atoms with Crippen molar-refractivity contribution in [3.8, 4) is 11.1 Å². The summed E-state index contributed by atoms with van der Waals surface area (Å²) in [6.45, 7) is 4.68. The van der Waals surface area contributed by atoms with Crippen LogP contribution < -0.4 is 10.2 Å². The van der Waals surface area contributed by atoms with Crippen LogP contribution in [0.2, 0.25) is 0 Å². The number of rotatable bonds is 5. The first-order valence-corrected chi connectivity index (χ1v) is 13.1. The molecular weight excluding hydrogens is 544 g/mol. The molecular formula is C29H28F4N4O4. The Bertz CT molecular complexity index is 1510. The molecule has 4 heterocycles. The number of carbonyl (C=O) groups is 2. The first-order chi connectivity index (χ1) is 19.5. The van der Waals surface area contributed by atoms with E-state index in [4.69, 9.17) is 4.74 Å². The Morgan fingerprint density at radius 3 is 2.73 bits per heavy atom. The minimum absolute atomic E-state index is 0.0993. The van der Waals surface area contributed by atoms with Crippen LogP contribution in [0.3, 0.4) is 0 Å². The van der Waals surface area contributed by atoms with Crippen molar-refractivity contribution in [1.29, 1.82) is 0 Å². The van der Waals surface area contributed by atoms with Crippen molar-refractivity contribution in [3.05, 3.63) is 70.9 Å². The third-order valence-corrected chi connectivity index (χ3v) is 7.92. The highest BCUT2D eigenvalue weighted by Gasteiger charge is 2.49. The van der Waals surface area contributed by atoms with Gasteiger partial charge in [-0.25, -0.2) is 14.4 Å². The lowest BCUT2D eigenvalue weighted by atomic mass is 9.66. The fourth-order valence-corrected chi connectivity index (χ4v) is 5.67. The number of aliphatic hydroxyl groups is 1. The van der Waals surface area contributed by atoms with Crippen molar-refractivity contribution < 1.29 is 37.0 Å². The number of aliphatic hydroxyl groups excluding tert-OH is 1. The van der Waals surface area contributed by atoms with E-state index in [1.54, 1.807) is 24.4 Å². The van der Waals surface area contributed by atoms with E-state index >= 15 is 0 Å². The molecule has 2 N–H and O–H groups in total. The van der Waals surface area contributed by atoms with Crippen LogP contribution in [0.4, 0.5) is 29.1 Å². The van der Waals surface area contributed by atoms with Gasteiger partial charge in [0.05, 0.1) is 24.6 Å². The molecule has 0 bridgehead atoms. The Morgan fingerprint density at radius 1 is 1.22 bits per heavy atom. The standard InChI is InChI=1S/C29H28F4N4O4/c1-16-3-4-18(36-26(39)19-5-8-34-24(23(19)30)29(31,32)33)14-20(16)17-13-22-25(35-15-17)37(9-10-38)27(40)21-6-11-41-12-7-28(21,22)2/h3-5,8,13-15,21,38H,6-7,9-12H2,1-2H3,(H,36,39). The van der Waals surface area contributed by atoms with Gasteiger partial charge in [0.1, 0.15) is 5.82 Å². The summed E-state index contributed by atoms with van der Waals surface area (Å²) in [5.74, 6) is -2.78. The predicted octanol–water partition coefficient (Wildman–Crippen LogP) is 4.89. The maximum atomic E-state index is 14.5. The number of pyridine rings is 2. The Hall–Kier alpha value is -3.90. The number of halogens is 4. The topological polar surface area (TPSA) is 105 Å². The van der Waals surface area contributed by atoms with Gasteiger partial charge in [-0.3, -0.25) is 14.5 Å². The SMILES string of the molecule is Cc1ccc(NC(=O)c2ccnc(C(F)(F)F)c2F)cc1-c1cnc2c(c1)C1(C)CCOCCC1C(=O)N2CCO. The van der Waals surface area contributed by atoms with E-state index in [0.29, 0.717) is 43.0 Å². The number of amides is 2. The van der Waals surface area contributed by atoms with Gasteiger partial charge in [0.25, 0.3) is 5.91 Å². The van der Waals surface area contributed by atoms with Gasteiger partial charge in [-0.05, 0) is 55.2 Å². The molecule has 1 saturated heterocycles. The molecule has 1 aromatic carbocycles. The Kier molecular flexibility index (Phi) is 7.56. The highest BCUT2D eigenvalue weighted by Crippen LogP contribution is 2.48. The van der Waals surface area contributed by atoms with Gasteiger partial charge in [-0.2, -0.15) is 13.2 Å². The number of ether oxygens (including phenoxy) is 1. The maximum absolute atomic E-state index is 14.5. The normalized spacial score (nSPS) is 20.7. The van der Waals surface area contributed by atoms with E-state index in [9.17, 15) is 32.3 Å². The summed E-state index contributed by atoms with van der Waals surface area (Å²) in [7, 11) is 0. The number of alkyl halides is 3. The molecule has 2 amide bonds. The summed E-state index contributed by atoms with van der Waals surface area (Å²) in [6, 6.07) is 7.75. The number of anilines is 2. The highest BCUT2D eigenvalue weighted by molar-refractivity contribution is 6.05. The number of aromatic nitrogens is 2. The summed E-state index contributed by atoms with van der Waals surface area (Å²) in [6.07, 6.45) is -1.59. The van der Waals surface area contributed by atoms with E-state index < -0.39 is 34.6 Å². The minimum Gasteiger partial charge on any atom is -0.395 e. The number of fused-ring (bicyclic) bond motifs is 3.